The first kappa shape index (κ1) is 13.9. The highest BCUT2D eigenvalue weighted by atomic mass is 79.9. The number of amidine groups is 1. The van der Waals surface area contributed by atoms with Gasteiger partial charge in [0.1, 0.15) is 5.82 Å². The predicted molar refractivity (Wildman–Crippen MR) is 80.9 cm³/mol. The second kappa shape index (κ2) is 6.06. The lowest BCUT2D eigenvalue weighted by Crippen LogP contribution is -2.08. The van der Waals surface area contributed by atoms with Gasteiger partial charge in [0.05, 0.1) is 11.7 Å². The SMILES string of the molecule is CC(C)CC1CSC(Nc2ccc(F)cc2Br)=N1. The highest BCUT2D eigenvalue weighted by molar-refractivity contribution is 9.10. The summed E-state index contributed by atoms with van der Waals surface area (Å²) in [4.78, 5) is 4.64. The molecule has 0 amide bonds. The largest absolute Gasteiger partial charge is 0.334 e. The average Bonchev–Trinajstić information content (AvgIpc) is 2.69. The first-order chi connectivity index (χ1) is 8.54. The van der Waals surface area contributed by atoms with Crippen LogP contribution in [0.1, 0.15) is 20.3 Å². The van der Waals surface area contributed by atoms with Crippen LogP contribution in [0.15, 0.2) is 27.7 Å². The van der Waals surface area contributed by atoms with E-state index in [4.69, 9.17) is 0 Å². The molecular weight excluding hydrogens is 315 g/mol. The van der Waals surface area contributed by atoms with Gasteiger partial charge in [-0.15, -0.1) is 0 Å². The summed E-state index contributed by atoms with van der Waals surface area (Å²) in [7, 11) is 0. The predicted octanol–water partition coefficient (Wildman–Crippen LogP) is 4.52. The van der Waals surface area contributed by atoms with Crippen molar-refractivity contribution < 1.29 is 4.39 Å². The fraction of sp³-hybridized carbons (Fsp3) is 0.462. The lowest BCUT2D eigenvalue weighted by atomic mass is 10.1. The topological polar surface area (TPSA) is 24.4 Å². The van der Waals surface area contributed by atoms with E-state index >= 15 is 0 Å². The molecule has 0 spiro atoms. The van der Waals surface area contributed by atoms with E-state index in [2.05, 4.69) is 40.1 Å². The second-order valence-corrected chi connectivity index (χ2v) is 6.64. The first-order valence-corrected chi connectivity index (χ1v) is 7.75. The number of hydrogen-bond acceptors (Lipinski definition) is 3. The second-order valence-electron chi connectivity index (χ2n) is 4.78. The standard InChI is InChI=1S/C13H16BrFN2S/c1-8(2)5-10-7-18-13(16-10)17-12-4-3-9(15)6-11(12)14/h3-4,6,8,10H,5,7H2,1-2H3,(H,16,17). The number of anilines is 1. The Hall–Kier alpha value is -0.550. The number of nitrogens with zero attached hydrogens (tertiary/aromatic N) is 1. The molecule has 18 heavy (non-hydrogen) atoms. The maximum Gasteiger partial charge on any atom is 0.161 e. The molecule has 0 radical (unpaired) electrons. The van der Waals surface area contributed by atoms with Gasteiger partial charge < -0.3 is 5.32 Å². The van der Waals surface area contributed by atoms with E-state index in [1.165, 1.54) is 12.1 Å². The minimum absolute atomic E-state index is 0.244. The molecule has 0 aromatic heterocycles. The van der Waals surface area contributed by atoms with Gasteiger partial charge >= 0.3 is 0 Å². The number of nitrogens with one attached hydrogen (secondary N) is 1. The van der Waals surface area contributed by atoms with Crippen LogP contribution in [0.4, 0.5) is 10.1 Å². The van der Waals surface area contributed by atoms with Gasteiger partial charge in [-0.3, -0.25) is 4.99 Å². The maximum atomic E-state index is 13.0. The zero-order chi connectivity index (χ0) is 13.1. The Balaban J connectivity index is 2.02. The van der Waals surface area contributed by atoms with Crippen LogP contribution in [0.3, 0.4) is 0 Å². The quantitative estimate of drug-likeness (QED) is 0.881. The van der Waals surface area contributed by atoms with Crippen LogP contribution in [-0.4, -0.2) is 17.0 Å². The number of thioether (sulfide) groups is 1. The van der Waals surface area contributed by atoms with Gasteiger partial charge in [0, 0.05) is 10.2 Å². The zero-order valence-corrected chi connectivity index (χ0v) is 12.8. The summed E-state index contributed by atoms with van der Waals surface area (Å²) in [6.07, 6.45) is 1.11. The molecule has 0 saturated heterocycles. The van der Waals surface area contributed by atoms with Crippen molar-refractivity contribution in [1.29, 1.82) is 0 Å². The van der Waals surface area contributed by atoms with E-state index in [1.54, 1.807) is 17.8 Å². The molecule has 0 fully saturated rings. The Bertz CT molecular complexity index is 462. The fourth-order valence-corrected chi connectivity index (χ4v) is 3.27. The smallest absolute Gasteiger partial charge is 0.161 e. The van der Waals surface area contributed by atoms with Crippen molar-refractivity contribution in [3.63, 3.8) is 0 Å². The van der Waals surface area contributed by atoms with Crippen LogP contribution >= 0.6 is 27.7 Å². The third kappa shape index (κ3) is 3.72. The van der Waals surface area contributed by atoms with Gasteiger partial charge in [0.25, 0.3) is 0 Å². The van der Waals surface area contributed by atoms with Crippen molar-refractivity contribution in [1.82, 2.24) is 0 Å². The summed E-state index contributed by atoms with van der Waals surface area (Å²) in [5, 5.41) is 4.16. The minimum Gasteiger partial charge on any atom is -0.334 e. The third-order valence-electron chi connectivity index (χ3n) is 2.63. The molecule has 1 N–H and O–H groups in total. The molecule has 1 aliphatic heterocycles. The molecule has 1 aromatic rings. The molecule has 2 nitrogen and oxygen atoms in total. The van der Waals surface area contributed by atoms with Crippen molar-refractivity contribution in [2.75, 3.05) is 11.1 Å². The van der Waals surface area contributed by atoms with E-state index in [0.29, 0.717) is 12.0 Å². The van der Waals surface area contributed by atoms with Gasteiger partial charge in [0.2, 0.25) is 0 Å². The maximum absolute atomic E-state index is 13.0. The summed E-state index contributed by atoms with van der Waals surface area (Å²) in [5.74, 6) is 1.45. The first-order valence-electron chi connectivity index (χ1n) is 5.97. The molecule has 1 heterocycles. The lowest BCUT2D eigenvalue weighted by Gasteiger charge is -2.08. The van der Waals surface area contributed by atoms with E-state index in [-0.39, 0.29) is 5.82 Å². The molecule has 1 atom stereocenters. The Morgan fingerprint density at radius 2 is 2.33 bits per heavy atom. The molecule has 0 aliphatic carbocycles. The van der Waals surface area contributed by atoms with Crippen LogP contribution < -0.4 is 5.32 Å². The van der Waals surface area contributed by atoms with Crippen molar-refractivity contribution in [3.05, 3.63) is 28.5 Å². The van der Waals surface area contributed by atoms with Crippen LogP contribution in [0.25, 0.3) is 0 Å². The summed E-state index contributed by atoms with van der Waals surface area (Å²) in [6.45, 7) is 4.42. The number of benzene rings is 1. The molecule has 1 aliphatic rings. The Kier molecular flexibility index (Phi) is 4.67. The lowest BCUT2D eigenvalue weighted by molar-refractivity contribution is 0.529. The number of aliphatic imine (C=N–C) groups is 1. The monoisotopic (exact) mass is 330 g/mol. The summed E-state index contributed by atoms with van der Waals surface area (Å²) in [5.41, 5.74) is 0.854. The summed E-state index contributed by atoms with van der Waals surface area (Å²) < 4.78 is 13.7. The van der Waals surface area contributed by atoms with Crippen molar-refractivity contribution in [3.8, 4) is 0 Å². The summed E-state index contributed by atoms with van der Waals surface area (Å²) >= 11 is 5.07. The molecule has 1 unspecified atom stereocenters. The van der Waals surface area contributed by atoms with Gasteiger partial charge in [-0.1, -0.05) is 25.6 Å². The molecule has 2 rings (SSSR count). The van der Waals surface area contributed by atoms with E-state index < -0.39 is 0 Å². The van der Waals surface area contributed by atoms with Gasteiger partial charge in [-0.25, -0.2) is 4.39 Å². The number of hydrogen-bond donors (Lipinski definition) is 1. The Morgan fingerprint density at radius 3 is 3.00 bits per heavy atom. The van der Waals surface area contributed by atoms with Crippen LogP contribution in [0.2, 0.25) is 0 Å². The highest BCUT2D eigenvalue weighted by Gasteiger charge is 2.19. The molecule has 98 valence electrons. The minimum atomic E-state index is -0.244. The van der Waals surface area contributed by atoms with Crippen molar-refractivity contribution in [2.45, 2.75) is 26.3 Å². The van der Waals surface area contributed by atoms with E-state index in [1.807, 2.05) is 0 Å². The summed E-state index contributed by atoms with van der Waals surface area (Å²) in [6, 6.07) is 5.02. The number of halogens is 2. The number of rotatable bonds is 3. The Labute approximate surface area is 120 Å². The van der Waals surface area contributed by atoms with Crippen LogP contribution in [-0.2, 0) is 0 Å². The fourth-order valence-electron chi connectivity index (χ4n) is 1.85. The zero-order valence-electron chi connectivity index (χ0n) is 10.4. The third-order valence-corrected chi connectivity index (χ3v) is 4.32. The van der Waals surface area contributed by atoms with Crippen molar-refractivity contribution in [2.24, 2.45) is 10.9 Å². The average molecular weight is 331 g/mol. The Morgan fingerprint density at radius 1 is 1.56 bits per heavy atom. The van der Waals surface area contributed by atoms with Gasteiger partial charge in [-0.05, 0) is 46.5 Å². The normalized spacial score (nSPS) is 19.2. The molecular formula is C13H16BrFN2S. The van der Waals surface area contributed by atoms with Gasteiger partial charge in [-0.2, -0.15) is 0 Å². The highest BCUT2D eigenvalue weighted by Crippen LogP contribution is 2.28. The van der Waals surface area contributed by atoms with E-state index in [9.17, 15) is 4.39 Å². The molecule has 1 aromatic carbocycles. The van der Waals surface area contributed by atoms with Crippen molar-refractivity contribution >= 4 is 38.5 Å². The molecule has 0 bridgehead atoms. The molecule has 0 saturated carbocycles. The van der Waals surface area contributed by atoms with E-state index in [0.717, 1.165) is 27.5 Å². The molecule has 5 heteroatoms. The van der Waals surface area contributed by atoms with Crippen LogP contribution in [0.5, 0.6) is 0 Å². The van der Waals surface area contributed by atoms with Crippen LogP contribution in [0, 0.1) is 11.7 Å². The van der Waals surface area contributed by atoms with Gasteiger partial charge in [0.15, 0.2) is 5.17 Å².